The standard InChI is InChI=1S/C14H16N2O2/c1-3-11-4-7-13(8-5-11)18-10-12-6-9-14(17-2)16-15-12/h4-9H,3,10H2,1-2H3. The number of ether oxygens (including phenoxy) is 2. The predicted molar refractivity (Wildman–Crippen MR) is 68.7 cm³/mol. The van der Waals surface area contributed by atoms with Crippen LogP contribution >= 0.6 is 0 Å². The second-order valence-electron chi connectivity index (χ2n) is 3.85. The van der Waals surface area contributed by atoms with E-state index in [4.69, 9.17) is 9.47 Å². The average molecular weight is 244 g/mol. The van der Waals surface area contributed by atoms with Crippen molar-refractivity contribution in [3.05, 3.63) is 47.7 Å². The summed E-state index contributed by atoms with van der Waals surface area (Å²) in [7, 11) is 1.56. The molecule has 0 aliphatic rings. The van der Waals surface area contributed by atoms with Gasteiger partial charge in [-0.2, -0.15) is 0 Å². The first-order valence-corrected chi connectivity index (χ1v) is 5.90. The lowest BCUT2D eigenvalue weighted by Gasteiger charge is -2.06. The molecule has 0 aliphatic heterocycles. The number of aromatic nitrogens is 2. The molecule has 18 heavy (non-hydrogen) atoms. The van der Waals surface area contributed by atoms with Crippen LogP contribution in [0.25, 0.3) is 0 Å². The molecule has 0 saturated heterocycles. The Morgan fingerprint density at radius 1 is 1.00 bits per heavy atom. The molecule has 0 spiro atoms. The van der Waals surface area contributed by atoms with Gasteiger partial charge in [-0.15, -0.1) is 10.2 Å². The Labute approximate surface area is 107 Å². The maximum absolute atomic E-state index is 5.62. The third-order valence-corrected chi connectivity index (χ3v) is 2.62. The van der Waals surface area contributed by atoms with Crippen molar-refractivity contribution in [3.63, 3.8) is 0 Å². The number of methoxy groups -OCH3 is 1. The summed E-state index contributed by atoms with van der Waals surface area (Å²) in [6, 6.07) is 11.7. The Morgan fingerprint density at radius 3 is 2.33 bits per heavy atom. The van der Waals surface area contributed by atoms with E-state index in [0.717, 1.165) is 17.9 Å². The van der Waals surface area contributed by atoms with Crippen LogP contribution in [0.15, 0.2) is 36.4 Å². The van der Waals surface area contributed by atoms with Gasteiger partial charge >= 0.3 is 0 Å². The zero-order valence-corrected chi connectivity index (χ0v) is 10.6. The minimum absolute atomic E-state index is 0.405. The summed E-state index contributed by atoms with van der Waals surface area (Å²) in [5, 5.41) is 7.88. The number of hydrogen-bond acceptors (Lipinski definition) is 4. The smallest absolute Gasteiger partial charge is 0.233 e. The zero-order valence-electron chi connectivity index (χ0n) is 10.6. The molecular weight excluding hydrogens is 228 g/mol. The molecule has 94 valence electrons. The summed E-state index contributed by atoms with van der Waals surface area (Å²) in [6.07, 6.45) is 1.03. The van der Waals surface area contributed by atoms with Gasteiger partial charge in [0, 0.05) is 6.07 Å². The topological polar surface area (TPSA) is 44.2 Å². The van der Waals surface area contributed by atoms with Gasteiger partial charge in [-0.3, -0.25) is 0 Å². The maximum Gasteiger partial charge on any atom is 0.233 e. The second kappa shape index (κ2) is 6.00. The number of benzene rings is 1. The summed E-state index contributed by atoms with van der Waals surface area (Å²) in [5.74, 6) is 1.34. The molecule has 0 atom stereocenters. The van der Waals surface area contributed by atoms with Crippen LogP contribution in [0.5, 0.6) is 11.6 Å². The zero-order chi connectivity index (χ0) is 12.8. The highest BCUT2D eigenvalue weighted by molar-refractivity contribution is 5.27. The van der Waals surface area contributed by atoms with Crippen molar-refractivity contribution in [1.82, 2.24) is 10.2 Å². The molecule has 1 aromatic heterocycles. The molecule has 0 aliphatic carbocycles. The lowest BCUT2D eigenvalue weighted by Crippen LogP contribution is -2.00. The van der Waals surface area contributed by atoms with Gasteiger partial charge in [0.05, 0.1) is 7.11 Å². The van der Waals surface area contributed by atoms with Crippen LogP contribution in [0.4, 0.5) is 0 Å². The van der Waals surface area contributed by atoms with E-state index in [1.54, 1.807) is 13.2 Å². The van der Waals surface area contributed by atoms with E-state index in [-0.39, 0.29) is 0 Å². The molecule has 0 saturated carbocycles. The fraction of sp³-hybridized carbons (Fsp3) is 0.286. The Bertz CT molecular complexity index is 433. The van der Waals surface area contributed by atoms with Gasteiger partial charge in [0.2, 0.25) is 5.88 Å². The first-order valence-electron chi connectivity index (χ1n) is 5.90. The number of rotatable bonds is 5. The molecular formula is C14H16N2O2. The van der Waals surface area contributed by atoms with E-state index >= 15 is 0 Å². The molecule has 4 heteroatoms. The molecule has 2 rings (SSSR count). The lowest BCUT2D eigenvalue weighted by molar-refractivity contribution is 0.298. The highest BCUT2D eigenvalue weighted by Gasteiger charge is 1.99. The predicted octanol–water partition coefficient (Wildman–Crippen LogP) is 2.63. The fourth-order valence-corrected chi connectivity index (χ4v) is 1.51. The van der Waals surface area contributed by atoms with Gasteiger partial charge in [-0.1, -0.05) is 19.1 Å². The minimum Gasteiger partial charge on any atom is -0.487 e. The van der Waals surface area contributed by atoms with E-state index in [1.165, 1.54) is 5.56 Å². The largest absolute Gasteiger partial charge is 0.487 e. The molecule has 0 amide bonds. The van der Waals surface area contributed by atoms with Crippen molar-refractivity contribution in [2.24, 2.45) is 0 Å². The van der Waals surface area contributed by atoms with E-state index in [1.807, 2.05) is 18.2 Å². The highest BCUT2D eigenvalue weighted by atomic mass is 16.5. The van der Waals surface area contributed by atoms with E-state index in [2.05, 4.69) is 29.3 Å². The van der Waals surface area contributed by atoms with Crippen LogP contribution in [-0.4, -0.2) is 17.3 Å². The monoisotopic (exact) mass is 244 g/mol. The Morgan fingerprint density at radius 2 is 1.78 bits per heavy atom. The Kier molecular flexibility index (Phi) is 4.12. The maximum atomic E-state index is 5.62. The van der Waals surface area contributed by atoms with E-state index < -0.39 is 0 Å². The molecule has 2 aromatic rings. The minimum atomic E-state index is 0.405. The van der Waals surface area contributed by atoms with Crippen LogP contribution in [0, 0.1) is 0 Å². The number of hydrogen-bond donors (Lipinski definition) is 0. The van der Waals surface area contributed by atoms with Gasteiger partial charge < -0.3 is 9.47 Å². The summed E-state index contributed by atoms with van der Waals surface area (Å²) < 4.78 is 10.6. The van der Waals surface area contributed by atoms with Crippen LogP contribution in [-0.2, 0) is 13.0 Å². The highest BCUT2D eigenvalue weighted by Crippen LogP contribution is 2.14. The van der Waals surface area contributed by atoms with Crippen molar-refractivity contribution in [2.75, 3.05) is 7.11 Å². The molecule has 1 aromatic carbocycles. The summed E-state index contributed by atoms with van der Waals surface area (Å²) in [5.41, 5.74) is 2.07. The van der Waals surface area contributed by atoms with Crippen LogP contribution in [0.3, 0.4) is 0 Å². The molecule has 0 N–H and O–H groups in total. The molecule has 4 nitrogen and oxygen atoms in total. The quantitative estimate of drug-likeness (QED) is 0.811. The first-order chi connectivity index (χ1) is 8.81. The van der Waals surface area contributed by atoms with Gasteiger partial charge in [0.1, 0.15) is 18.1 Å². The van der Waals surface area contributed by atoms with Crippen molar-refractivity contribution < 1.29 is 9.47 Å². The van der Waals surface area contributed by atoms with E-state index in [9.17, 15) is 0 Å². The fourth-order valence-electron chi connectivity index (χ4n) is 1.51. The van der Waals surface area contributed by atoms with Crippen LogP contribution < -0.4 is 9.47 Å². The Balaban J connectivity index is 1.93. The van der Waals surface area contributed by atoms with Crippen molar-refractivity contribution in [3.8, 4) is 11.6 Å². The summed E-state index contributed by atoms with van der Waals surface area (Å²) >= 11 is 0. The third-order valence-electron chi connectivity index (χ3n) is 2.62. The van der Waals surface area contributed by atoms with Crippen molar-refractivity contribution in [2.45, 2.75) is 20.0 Å². The third kappa shape index (κ3) is 3.20. The van der Waals surface area contributed by atoms with Crippen molar-refractivity contribution >= 4 is 0 Å². The molecule has 1 heterocycles. The van der Waals surface area contributed by atoms with Gasteiger partial charge in [-0.05, 0) is 30.2 Å². The number of nitrogens with zero attached hydrogens (tertiary/aromatic N) is 2. The van der Waals surface area contributed by atoms with Gasteiger partial charge in [-0.25, -0.2) is 0 Å². The molecule has 0 radical (unpaired) electrons. The van der Waals surface area contributed by atoms with Gasteiger partial charge in [0.25, 0.3) is 0 Å². The number of aryl methyl sites for hydroxylation is 1. The van der Waals surface area contributed by atoms with Gasteiger partial charge in [0.15, 0.2) is 0 Å². The lowest BCUT2D eigenvalue weighted by atomic mass is 10.2. The molecule has 0 bridgehead atoms. The summed E-state index contributed by atoms with van der Waals surface area (Å²) in [6.45, 7) is 2.53. The normalized spacial score (nSPS) is 10.1. The van der Waals surface area contributed by atoms with Crippen LogP contribution in [0.1, 0.15) is 18.2 Å². The molecule has 0 unspecified atom stereocenters. The average Bonchev–Trinajstić information content (AvgIpc) is 2.46. The summed E-state index contributed by atoms with van der Waals surface area (Å²) in [4.78, 5) is 0. The Hall–Kier alpha value is -2.10. The second-order valence-corrected chi connectivity index (χ2v) is 3.85. The van der Waals surface area contributed by atoms with Crippen molar-refractivity contribution in [1.29, 1.82) is 0 Å². The van der Waals surface area contributed by atoms with Crippen LogP contribution in [0.2, 0.25) is 0 Å². The molecule has 0 fully saturated rings. The van der Waals surface area contributed by atoms with E-state index in [0.29, 0.717) is 12.5 Å². The SMILES string of the molecule is CCc1ccc(OCc2ccc(OC)nn2)cc1. The first kappa shape index (κ1) is 12.4.